The molecular weight excluding hydrogens is 290 g/mol. The molecule has 2 atom stereocenters. The van der Waals surface area contributed by atoms with Crippen molar-refractivity contribution in [1.29, 1.82) is 0 Å². The summed E-state index contributed by atoms with van der Waals surface area (Å²) in [5.41, 5.74) is 6.71. The van der Waals surface area contributed by atoms with Gasteiger partial charge >= 0.3 is 0 Å². The number of rotatable bonds is 4. The van der Waals surface area contributed by atoms with Crippen molar-refractivity contribution < 1.29 is 9.59 Å². The Balaban J connectivity index is 0.00000220. The van der Waals surface area contributed by atoms with Gasteiger partial charge in [-0.2, -0.15) is 0 Å². The van der Waals surface area contributed by atoms with Crippen LogP contribution in [0.2, 0.25) is 0 Å². The average Bonchev–Trinajstić information content (AvgIpc) is 2.93. The van der Waals surface area contributed by atoms with Crippen molar-refractivity contribution in [2.75, 3.05) is 13.6 Å². The van der Waals surface area contributed by atoms with Crippen molar-refractivity contribution in [2.24, 2.45) is 11.7 Å². The topological polar surface area (TPSA) is 84.2 Å². The van der Waals surface area contributed by atoms with Crippen LogP contribution >= 0.6 is 12.4 Å². The van der Waals surface area contributed by atoms with Crippen LogP contribution in [0.25, 0.3) is 0 Å². The molecule has 1 fully saturated rings. The molecule has 0 spiro atoms. The summed E-state index contributed by atoms with van der Waals surface area (Å²) < 4.78 is 0. The summed E-state index contributed by atoms with van der Waals surface area (Å²) in [5, 5.41) is 5.58. The van der Waals surface area contributed by atoms with E-state index in [2.05, 4.69) is 10.6 Å². The number of benzene rings is 1. The third-order valence-corrected chi connectivity index (χ3v) is 3.89. The van der Waals surface area contributed by atoms with Gasteiger partial charge in [0.2, 0.25) is 0 Å². The van der Waals surface area contributed by atoms with E-state index < -0.39 is 0 Å². The second kappa shape index (κ2) is 8.00. The zero-order valence-corrected chi connectivity index (χ0v) is 12.9. The fourth-order valence-electron chi connectivity index (χ4n) is 2.71. The van der Waals surface area contributed by atoms with Gasteiger partial charge in [-0.25, -0.2) is 0 Å². The fraction of sp³-hybridized carbons (Fsp3) is 0.467. The molecule has 1 aliphatic carbocycles. The predicted octanol–water partition coefficient (Wildman–Crippen LogP) is 1.33. The van der Waals surface area contributed by atoms with Crippen molar-refractivity contribution in [3.63, 3.8) is 0 Å². The molecule has 4 N–H and O–H groups in total. The Kier molecular flexibility index (Phi) is 6.65. The second-order valence-electron chi connectivity index (χ2n) is 5.17. The molecule has 0 heterocycles. The van der Waals surface area contributed by atoms with Crippen LogP contribution in [0.1, 0.15) is 40.0 Å². The zero-order valence-electron chi connectivity index (χ0n) is 12.1. The van der Waals surface area contributed by atoms with Gasteiger partial charge in [-0.05, 0) is 43.5 Å². The summed E-state index contributed by atoms with van der Waals surface area (Å²) in [6.07, 6.45) is 3.15. The Labute approximate surface area is 131 Å². The number of hydrogen-bond acceptors (Lipinski definition) is 3. The maximum absolute atomic E-state index is 12.2. The third-order valence-electron chi connectivity index (χ3n) is 3.89. The van der Waals surface area contributed by atoms with E-state index in [1.807, 2.05) is 0 Å². The van der Waals surface area contributed by atoms with Crippen molar-refractivity contribution in [1.82, 2.24) is 10.6 Å². The summed E-state index contributed by atoms with van der Waals surface area (Å²) >= 11 is 0. The van der Waals surface area contributed by atoms with E-state index in [0.29, 0.717) is 23.6 Å². The Morgan fingerprint density at radius 2 is 1.90 bits per heavy atom. The van der Waals surface area contributed by atoms with E-state index in [1.165, 1.54) is 0 Å². The molecule has 0 bridgehead atoms. The molecule has 2 unspecified atom stereocenters. The van der Waals surface area contributed by atoms with Crippen LogP contribution in [-0.4, -0.2) is 31.4 Å². The van der Waals surface area contributed by atoms with Gasteiger partial charge in [-0.15, -0.1) is 12.4 Å². The number of amides is 2. The first-order chi connectivity index (χ1) is 9.65. The standard InChI is InChI=1S/C15H21N3O2.ClH/c1-17-14(19)10-4-2-5-11(8-10)15(20)18-13-7-3-6-12(13)9-16;/h2,4-5,8,12-13H,3,6-7,9,16H2,1H3,(H,17,19)(H,18,20);1H. The highest BCUT2D eigenvalue weighted by molar-refractivity contribution is 5.99. The fourth-order valence-corrected chi connectivity index (χ4v) is 2.71. The Morgan fingerprint density at radius 1 is 1.24 bits per heavy atom. The lowest BCUT2D eigenvalue weighted by Crippen LogP contribution is -2.39. The molecule has 1 aromatic carbocycles. The van der Waals surface area contributed by atoms with Crippen LogP contribution in [0.3, 0.4) is 0 Å². The van der Waals surface area contributed by atoms with Gasteiger partial charge in [0.05, 0.1) is 0 Å². The molecule has 116 valence electrons. The van der Waals surface area contributed by atoms with Crippen LogP contribution in [0.15, 0.2) is 24.3 Å². The van der Waals surface area contributed by atoms with E-state index >= 15 is 0 Å². The molecule has 0 aromatic heterocycles. The molecule has 6 heteroatoms. The highest BCUT2D eigenvalue weighted by Crippen LogP contribution is 2.24. The maximum atomic E-state index is 12.2. The molecule has 1 saturated carbocycles. The van der Waals surface area contributed by atoms with Gasteiger partial charge in [0, 0.05) is 24.2 Å². The second-order valence-corrected chi connectivity index (χ2v) is 5.17. The first kappa shape index (κ1) is 17.5. The van der Waals surface area contributed by atoms with Gasteiger partial charge in [0.1, 0.15) is 0 Å². The summed E-state index contributed by atoms with van der Waals surface area (Å²) in [6.45, 7) is 0.600. The van der Waals surface area contributed by atoms with Crippen LogP contribution < -0.4 is 16.4 Å². The van der Waals surface area contributed by atoms with Crippen molar-refractivity contribution in [3.8, 4) is 0 Å². The molecule has 2 amide bonds. The smallest absolute Gasteiger partial charge is 0.251 e. The van der Waals surface area contributed by atoms with E-state index in [-0.39, 0.29) is 30.3 Å². The minimum Gasteiger partial charge on any atom is -0.355 e. The Morgan fingerprint density at radius 3 is 2.52 bits per heavy atom. The normalized spacial score (nSPS) is 20.5. The number of carbonyl (C=O) groups is 2. The van der Waals surface area contributed by atoms with Crippen molar-refractivity contribution >= 4 is 24.2 Å². The van der Waals surface area contributed by atoms with Gasteiger partial charge in [-0.1, -0.05) is 12.5 Å². The van der Waals surface area contributed by atoms with Crippen LogP contribution in [-0.2, 0) is 0 Å². The lowest BCUT2D eigenvalue weighted by molar-refractivity contribution is 0.0928. The summed E-state index contributed by atoms with van der Waals surface area (Å²) in [7, 11) is 1.57. The largest absolute Gasteiger partial charge is 0.355 e. The monoisotopic (exact) mass is 311 g/mol. The molecule has 0 aliphatic heterocycles. The van der Waals surface area contributed by atoms with E-state index in [1.54, 1.807) is 31.3 Å². The highest BCUT2D eigenvalue weighted by Gasteiger charge is 2.27. The minimum atomic E-state index is -0.194. The quantitative estimate of drug-likeness (QED) is 0.784. The lowest BCUT2D eigenvalue weighted by atomic mass is 10.0. The van der Waals surface area contributed by atoms with Crippen molar-refractivity contribution in [2.45, 2.75) is 25.3 Å². The van der Waals surface area contributed by atoms with E-state index in [9.17, 15) is 9.59 Å². The SMILES string of the molecule is CNC(=O)c1cccc(C(=O)NC2CCCC2CN)c1.Cl. The van der Waals surface area contributed by atoms with E-state index in [0.717, 1.165) is 19.3 Å². The molecule has 1 aliphatic rings. The number of nitrogens with two attached hydrogens (primary N) is 1. The number of carbonyl (C=O) groups excluding carboxylic acids is 2. The summed E-state index contributed by atoms with van der Waals surface area (Å²) in [6, 6.07) is 6.88. The molecule has 1 aromatic rings. The minimum absolute atomic E-state index is 0. The number of nitrogens with one attached hydrogen (secondary N) is 2. The first-order valence-electron chi connectivity index (χ1n) is 6.98. The van der Waals surface area contributed by atoms with Crippen LogP contribution in [0.5, 0.6) is 0 Å². The molecular formula is C15H22ClN3O2. The number of halogens is 1. The predicted molar refractivity (Wildman–Crippen MR) is 84.7 cm³/mol. The molecule has 0 radical (unpaired) electrons. The van der Waals surface area contributed by atoms with Gasteiger partial charge in [-0.3, -0.25) is 9.59 Å². The Bertz CT molecular complexity index is 507. The summed E-state index contributed by atoms with van der Waals surface area (Å²) in [5.74, 6) is 0.0301. The third kappa shape index (κ3) is 4.19. The van der Waals surface area contributed by atoms with Gasteiger partial charge in [0.15, 0.2) is 0 Å². The number of hydrogen-bond donors (Lipinski definition) is 3. The Hall–Kier alpha value is -1.59. The van der Waals surface area contributed by atoms with E-state index in [4.69, 9.17) is 5.73 Å². The van der Waals surface area contributed by atoms with Crippen LogP contribution in [0.4, 0.5) is 0 Å². The first-order valence-corrected chi connectivity index (χ1v) is 6.98. The molecule has 2 rings (SSSR count). The van der Waals surface area contributed by atoms with Gasteiger partial charge in [0.25, 0.3) is 11.8 Å². The summed E-state index contributed by atoms with van der Waals surface area (Å²) in [4.78, 5) is 23.8. The zero-order chi connectivity index (χ0) is 14.5. The van der Waals surface area contributed by atoms with Gasteiger partial charge < -0.3 is 16.4 Å². The maximum Gasteiger partial charge on any atom is 0.251 e. The van der Waals surface area contributed by atoms with Crippen LogP contribution in [0, 0.1) is 5.92 Å². The lowest BCUT2D eigenvalue weighted by Gasteiger charge is -2.19. The molecule has 5 nitrogen and oxygen atoms in total. The molecule has 21 heavy (non-hydrogen) atoms. The highest BCUT2D eigenvalue weighted by atomic mass is 35.5. The van der Waals surface area contributed by atoms with Crippen molar-refractivity contribution in [3.05, 3.63) is 35.4 Å². The average molecular weight is 312 g/mol. The molecule has 0 saturated heterocycles.